The quantitative estimate of drug-likeness (QED) is 0.174. The number of aromatic nitrogens is 2. The van der Waals surface area contributed by atoms with Crippen molar-refractivity contribution in [3.8, 4) is 17.1 Å². The van der Waals surface area contributed by atoms with Gasteiger partial charge in [-0.25, -0.2) is 9.78 Å². The number of benzene rings is 3. The first-order chi connectivity index (χ1) is 21.5. The third-order valence-electron chi connectivity index (χ3n) is 8.37. The molecule has 0 aliphatic carbocycles. The lowest BCUT2D eigenvalue weighted by Gasteiger charge is -2.33. The molecule has 2 N–H and O–H groups in total. The number of carbonyl (C=O) groups is 2. The van der Waals surface area contributed by atoms with E-state index in [1.54, 1.807) is 0 Å². The molecule has 2 aliphatic rings. The van der Waals surface area contributed by atoms with Crippen LogP contribution in [0.2, 0.25) is 0 Å². The highest BCUT2D eigenvalue weighted by molar-refractivity contribution is 8.00. The van der Waals surface area contributed by atoms with Gasteiger partial charge in [-0.3, -0.25) is 19.7 Å². The molecule has 2 unspecified atom stereocenters. The second kappa shape index (κ2) is 12.6. The Bertz CT molecular complexity index is 1710. The maximum Gasteiger partial charge on any atom is 0.329 e. The van der Waals surface area contributed by atoms with Crippen LogP contribution in [0, 0.1) is 25.2 Å². The molecular weight excluding hydrogens is 582 g/mol. The highest BCUT2D eigenvalue weighted by Gasteiger charge is 2.31. The zero-order chi connectivity index (χ0) is 31.7. The summed E-state index contributed by atoms with van der Waals surface area (Å²) >= 11 is 1.50. The van der Waals surface area contributed by atoms with Crippen LogP contribution in [0.5, 0.6) is 5.88 Å². The Morgan fingerprint density at radius 2 is 1.69 bits per heavy atom. The molecule has 4 aromatic rings. The number of hydrogen-bond donors (Lipinski definition) is 2. The highest BCUT2D eigenvalue weighted by Crippen LogP contribution is 2.39. The number of aryl methyl sites for hydroxylation is 2. The SMILES string of the molecule is Cc1cccc(C)c1-c1cc2nc(n1)NSc1cccc(c1)C(Cc1ccc(N3CC(=O)NC3=O)cc1)C(CC(C)(C)C)CO2. The van der Waals surface area contributed by atoms with Gasteiger partial charge in [0.2, 0.25) is 17.7 Å². The molecule has 1 saturated heterocycles. The number of anilines is 2. The van der Waals surface area contributed by atoms with Gasteiger partial charge in [0.15, 0.2) is 0 Å². The third kappa shape index (κ3) is 7.14. The van der Waals surface area contributed by atoms with E-state index >= 15 is 0 Å². The Kier molecular flexibility index (Phi) is 8.55. The molecule has 232 valence electrons. The van der Waals surface area contributed by atoms with Gasteiger partial charge < -0.3 is 4.74 Å². The van der Waals surface area contributed by atoms with Gasteiger partial charge in [-0.15, -0.1) is 0 Å². The Balaban J connectivity index is 1.36. The van der Waals surface area contributed by atoms with E-state index in [4.69, 9.17) is 14.7 Å². The van der Waals surface area contributed by atoms with Crippen LogP contribution in [-0.4, -0.2) is 35.1 Å². The van der Waals surface area contributed by atoms with Crippen LogP contribution in [0.15, 0.2) is 77.7 Å². The molecule has 1 fully saturated rings. The van der Waals surface area contributed by atoms with Crippen molar-refractivity contribution in [1.29, 1.82) is 0 Å². The molecule has 3 amide bonds. The number of urea groups is 1. The molecule has 0 spiro atoms. The first kappa shape index (κ1) is 30.6. The average Bonchev–Trinajstić information content (AvgIpc) is 3.34. The Morgan fingerprint density at radius 1 is 0.956 bits per heavy atom. The fraction of sp³-hybridized carbons (Fsp3) is 0.333. The molecule has 9 heteroatoms. The van der Waals surface area contributed by atoms with E-state index in [0.29, 0.717) is 24.1 Å². The number of fused-ring (bicyclic) bond motifs is 4. The van der Waals surface area contributed by atoms with E-state index in [2.05, 4.69) is 99.3 Å². The molecule has 45 heavy (non-hydrogen) atoms. The smallest absolute Gasteiger partial charge is 0.329 e. The van der Waals surface area contributed by atoms with Gasteiger partial charge in [0.25, 0.3) is 0 Å². The summed E-state index contributed by atoms with van der Waals surface area (Å²) in [5.74, 6) is 1.12. The Hall–Kier alpha value is -4.37. The van der Waals surface area contributed by atoms with Crippen molar-refractivity contribution in [3.63, 3.8) is 0 Å². The molecular formula is C36H39N5O3S. The van der Waals surface area contributed by atoms with Crippen LogP contribution in [0.3, 0.4) is 0 Å². The lowest BCUT2D eigenvalue weighted by Crippen LogP contribution is -2.28. The topological polar surface area (TPSA) is 96.5 Å². The Labute approximate surface area is 269 Å². The summed E-state index contributed by atoms with van der Waals surface area (Å²) in [5.41, 5.74) is 7.41. The molecule has 1 aromatic heterocycles. The summed E-state index contributed by atoms with van der Waals surface area (Å²) in [6, 6.07) is 24.5. The largest absolute Gasteiger partial charge is 0.477 e. The molecule has 0 radical (unpaired) electrons. The zero-order valence-corrected chi connectivity index (χ0v) is 27.2. The maximum atomic E-state index is 12.2. The van der Waals surface area contributed by atoms with Gasteiger partial charge in [0.1, 0.15) is 6.54 Å². The summed E-state index contributed by atoms with van der Waals surface area (Å²) in [7, 11) is 0. The van der Waals surface area contributed by atoms with Gasteiger partial charge in [0.05, 0.1) is 12.3 Å². The highest BCUT2D eigenvalue weighted by atomic mass is 32.2. The monoisotopic (exact) mass is 621 g/mol. The van der Waals surface area contributed by atoms with Crippen LogP contribution in [-0.2, 0) is 11.2 Å². The van der Waals surface area contributed by atoms with Gasteiger partial charge in [-0.2, -0.15) is 4.98 Å². The maximum absolute atomic E-state index is 12.2. The minimum absolute atomic E-state index is 0.0418. The number of ether oxygens (including phenoxy) is 1. The standard InChI is InChI=1S/C36H39N5O3S/c1-22-8-6-9-23(2)33(22)30-18-32-39-34(37-30)40-45-28-11-7-10-25(17-28)29(26(21-44-32)19-36(3,4)5)16-24-12-14-27(15-13-24)41-20-31(42)38-35(41)43/h6-15,17-18,26,29H,16,19-21H2,1-5H3,(H,37,39,40)(H,38,42,43). The minimum atomic E-state index is -0.383. The van der Waals surface area contributed by atoms with E-state index in [0.717, 1.165) is 45.7 Å². The number of hydrogen-bond acceptors (Lipinski definition) is 7. The lowest BCUT2D eigenvalue weighted by molar-refractivity contribution is -0.117. The molecule has 3 aromatic carbocycles. The first-order valence-electron chi connectivity index (χ1n) is 15.3. The van der Waals surface area contributed by atoms with Crippen molar-refractivity contribution < 1.29 is 14.3 Å². The summed E-state index contributed by atoms with van der Waals surface area (Å²) < 4.78 is 9.95. The van der Waals surface area contributed by atoms with Crippen molar-refractivity contribution >= 4 is 35.5 Å². The van der Waals surface area contributed by atoms with Crippen molar-refractivity contribution in [2.24, 2.45) is 11.3 Å². The summed E-state index contributed by atoms with van der Waals surface area (Å²) in [6.07, 6.45) is 1.74. The van der Waals surface area contributed by atoms with Crippen molar-refractivity contribution in [1.82, 2.24) is 15.3 Å². The molecule has 2 aliphatic heterocycles. The van der Waals surface area contributed by atoms with E-state index in [9.17, 15) is 9.59 Å². The molecule has 0 saturated carbocycles. The first-order valence-corrected chi connectivity index (χ1v) is 16.2. The van der Waals surface area contributed by atoms with Crippen LogP contribution < -0.4 is 19.7 Å². The lowest BCUT2D eigenvalue weighted by atomic mass is 9.74. The van der Waals surface area contributed by atoms with E-state index in [-0.39, 0.29) is 35.7 Å². The second-order valence-corrected chi connectivity index (χ2v) is 14.1. The molecule has 6 rings (SSSR count). The number of imide groups is 1. The average molecular weight is 622 g/mol. The van der Waals surface area contributed by atoms with Gasteiger partial charge in [-0.05, 0) is 96.5 Å². The van der Waals surface area contributed by atoms with E-state index in [1.807, 2.05) is 18.2 Å². The van der Waals surface area contributed by atoms with Crippen molar-refractivity contribution in [2.45, 2.75) is 58.3 Å². The molecule has 4 bridgehead atoms. The number of amides is 3. The van der Waals surface area contributed by atoms with E-state index in [1.165, 1.54) is 22.4 Å². The van der Waals surface area contributed by atoms with Crippen molar-refractivity contribution in [3.05, 3.63) is 95.1 Å². The summed E-state index contributed by atoms with van der Waals surface area (Å²) in [6.45, 7) is 11.6. The van der Waals surface area contributed by atoms with Crippen LogP contribution in [0.1, 0.15) is 55.4 Å². The number of rotatable bonds is 5. The number of nitrogens with one attached hydrogen (secondary N) is 2. The molecule has 8 nitrogen and oxygen atoms in total. The fourth-order valence-corrected chi connectivity index (χ4v) is 7.02. The summed E-state index contributed by atoms with van der Waals surface area (Å²) in [4.78, 5) is 36.1. The van der Waals surface area contributed by atoms with Gasteiger partial charge in [0, 0.05) is 28.1 Å². The zero-order valence-electron chi connectivity index (χ0n) is 26.4. The van der Waals surface area contributed by atoms with Gasteiger partial charge in [-0.1, -0.05) is 63.2 Å². The normalized spacial score (nSPS) is 18.4. The summed E-state index contributed by atoms with van der Waals surface area (Å²) in [5, 5.41) is 2.35. The predicted octanol–water partition coefficient (Wildman–Crippen LogP) is 7.71. The van der Waals surface area contributed by atoms with E-state index < -0.39 is 0 Å². The van der Waals surface area contributed by atoms with Crippen molar-refractivity contribution in [2.75, 3.05) is 22.8 Å². The number of carbonyl (C=O) groups excluding carboxylic acids is 2. The van der Waals surface area contributed by atoms with Crippen LogP contribution in [0.4, 0.5) is 16.4 Å². The minimum Gasteiger partial charge on any atom is -0.477 e. The number of nitrogens with zero attached hydrogens (tertiary/aromatic N) is 3. The van der Waals surface area contributed by atoms with Gasteiger partial charge >= 0.3 is 6.03 Å². The predicted molar refractivity (Wildman–Crippen MR) is 180 cm³/mol. The fourth-order valence-electron chi connectivity index (χ4n) is 6.37. The molecule has 3 heterocycles. The van der Waals surface area contributed by atoms with Crippen LogP contribution in [0.25, 0.3) is 11.3 Å². The second-order valence-electron chi connectivity index (χ2n) is 13.2. The van der Waals surface area contributed by atoms with Crippen LogP contribution >= 0.6 is 11.9 Å². The third-order valence-corrected chi connectivity index (χ3v) is 9.15. The Morgan fingerprint density at radius 3 is 2.38 bits per heavy atom. The molecule has 2 atom stereocenters.